The highest BCUT2D eigenvalue weighted by molar-refractivity contribution is 9.10. The molecule has 0 amide bonds. The average molecular weight is 283 g/mol. The molecular formula is C10H11BrN4O. The molecule has 0 aliphatic carbocycles. The fourth-order valence-corrected chi connectivity index (χ4v) is 2.29. The van der Waals surface area contributed by atoms with E-state index in [4.69, 9.17) is 4.74 Å². The van der Waals surface area contributed by atoms with E-state index in [1.165, 1.54) is 0 Å². The van der Waals surface area contributed by atoms with Crippen LogP contribution < -0.4 is 5.32 Å². The molecule has 3 rings (SSSR count). The van der Waals surface area contributed by atoms with Crippen LogP contribution in [0, 0.1) is 0 Å². The summed E-state index contributed by atoms with van der Waals surface area (Å²) in [6.45, 7) is 2.26. The van der Waals surface area contributed by atoms with Crippen LogP contribution in [0.1, 0.15) is 11.9 Å². The van der Waals surface area contributed by atoms with Gasteiger partial charge in [0.2, 0.25) is 0 Å². The van der Waals surface area contributed by atoms with Gasteiger partial charge in [0.1, 0.15) is 0 Å². The van der Waals surface area contributed by atoms with Crippen molar-refractivity contribution in [1.29, 1.82) is 0 Å². The van der Waals surface area contributed by atoms with Gasteiger partial charge in [-0.2, -0.15) is 0 Å². The lowest BCUT2D eigenvalue weighted by molar-refractivity contribution is 0.0739. The Kier molecular flexibility index (Phi) is 2.62. The second-order valence-electron chi connectivity index (χ2n) is 3.69. The zero-order valence-electron chi connectivity index (χ0n) is 8.56. The molecule has 1 atom stereocenters. The van der Waals surface area contributed by atoms with Gasteiger partial charge in [-0.1, -0.05) is 0 Å². The Hall–Kier alpha value is -0.980. The SMILES string of the molecule is Brc1cccn2c(C3COCCN3)nnc12. The number of hydrogen-bond acceptors (Lipinski definition) is 4. The smallest absolute Gasteiger partial charge is 0.175 e. The van der Waals surface area contributed by atoms with Crippen molar-refractivity contribution in [2.75, 3.05) is 19.8 Å². The van der Waals surface area contributed by atoms with Crippen molar-refractivity contribution < 1.29 is 4.74 Å². The van der Waals surface area contributed by atoms with Gasteiger partial charge in [0.05, 0.1) is 23.7 Å². The minimum Gasteiger partial charge on any atom is -0.378 e. The van der Waals surface area contributed by atoms with E-state index < -0.39 is 0 Å². The maximum atomic E-state index is 5.43. The maximum Gasteiger partial charge on any atom is 0.175 e. The van der Waals surface area contributed by atoms with Gasteiger partial charge < -0.3 is 10.1 Å². The molecule has 5 nitrogen and oxygen atoms in total. The fraction of sp³-hybridized carbons (Fsp3) is 0.400. The van der Waals surface area contributed by atoms with Gasteiger partial charge >= 0.3 is 0 Å². The quantitative estimate of drug-likeness (QED) is 0.853. The van der Waals surface area contributed by atoms with Crippen LogP contribution in [-0.4, -0.2) is 34.4 Å². The number of pyridine rings is 1. The van der Waals surface area contributed by atoms with Crippen LogP contribution in [0.4, 0.5) is 0 Å². The molecule has 6 heteroatoms. The molecule has 0 spiro atoms. The van der Waals surface area contributed by atoms with Crippen LogP contribution in [0.2, 0.25) is 0 Å². The minimum atomic E-state index is 0.123. The summed E-state index contributed by atoms with van der Waals surface area (Å²) < 4.78 is 8.36. The second kappa shape index (κ2) is 4.12. The monoisotopic (exact) mass is 282 g/mol. The first-order valence-electron chi connectivity index (χ1n) is 5.16. The Morgan fingerprint density at radius 3 is 3.25 bits per heavy atom. The summed E-state index contributed by atoms with van der Waals surface area (Å²) in [5.74, 6) is 0.899. The highest BCUT2D eigenvalue weighted by Crippen LogP contribution is 2.20. The number of nitrogens with zero attached hydrogens (tertiary/aromatic N) is 3. The van der Waals surface area contributed by atoms with E-state index in [1.807, 2.05) is 22.7 Å². The van der Waals surface area contributed by atoms with E-state index in [9.17, 15) is 0 Å². The van der Waals surface area contributed by atoms with E-state index in [0.717, 1.165) is 29.1 Å². The third-order valence-electron chi connectivity index (χ3n) is 2.65. The number of rotatable bonds is 1. The number of hydrogen-bond donors (Lipinski definition) is 1. The van der Waals surface area contributed by atoms with Crippen LogP contribution in [0.3, 0.4) is 0 Å². The molecule has 3 heterocycles. The number of nitrogens with one attached hydrogen (secondary N) is 1. The maximum absolute atomic E-state index is 5.43. The van der Waals surface area contributed by atoms with Crippen LogP contribution in [0.15, 0.2) is 22.8 Å². The number of aromatic nitrogens is 3. The molecule has 16 heavy (non-hydrogen) atoms. The Bertz CT molecular complexity index is 506. The molecule has 1 N–H and O–H groups in total. The van der Waals surface area contributed by atoms with Crippen LogP contribution >= 0.6 is 15.9 Å². The molecule has 84 valence electrons. The van der Waals surface area contributed by atoms with Gasteiger partial charge in [0.25, 0.3) is 0 Å². The van der Waals surface area contributed by atoms with E-state index in [2.05, 4.69) is 31.4 Å². The third-order valence-corrected chi connectivity index (χ3v) is 3.27. The molecule has 0 aromatic carbocycles. The highest BCUT2D eigenvalue weighted by atomic mass is 79.9. The van der Waals surface area contributed by atoms with E-state index in [1.54, 1.807) is 0 Å². The van der Waals surface area contributed by atoms with Crippen LogP contribution in [0.25, 0.3) is 5.65 Å². The molecule has 0 saturated carbocycles. The number of ether oxygens (including phenoxy) is 1. The normalized spacial score (nSPS) is 21.4. The molecule has 1 aliphatic heterocycles. The number of halogens is 1. The van der Waals surface area contributed by atoms with Crippen LogP contribution in [0.5, 0.6) is 0 Å². The Balaban J connectivity index is 2.06. The Labute approximate surface area is 101 Å². The van der Waals surface area contributed by atoms with E-state index >= 15 is 0 Å². The molecule has 1 fully saturated rings. The summed E-state index contributed by atoms with van der Waals surface area (Å²) in [5, 5.41) is 11.8. The predicted molar refractivity (Wildman–Crippen MR) is 62.2 cm³/mol. The van der Waals surface area contributed by atoms with Gasteiger partial charge in [-0.15, -0.1) is 10.2 Å². The lowest BCUT2D eigenvalue weighted by Crippen LogP contribution is -2.35. The standard InChI is InChI=1S/C10H11BrN4O/c11-7-2-1-4-15-9(7)13-14-10(15)8-6-16-5-3-12-8/h1-2,4,8,12H,3,5-6H2. The van der Waals surface area contributed by atoms with Gasteiger partial charge in [-0.25, -0.2) is 0 Å². The zero-order chi connectivity index (χ0) is 11.0. The summed E-state index contributed by atoms with van der Waals surface area (Å²) in [7, 11) is 0. The number of morpholine rings is 1. The van der Waals surface area contributed by atoms with Gasteiger partial charge in [0.15, 0.2) is 11.5 Å². The van der Waals surface area contributed by atoms with Crippen molar-refractivity contribution >= 4 is 21.6 Å². The van der Waals surface area contributed by atoms with Crippen molar-refractivity contribution in [2.45, 2.75) is 6.04 Å². The van der Waals surface area contributed by atoms with Crippen molar-refractivity contribution in [3.05, 3.63) is 28.6 Å². The first-order chi connectivity index (χ1) is 7.86. The lowest BCUT2D eigenvalue weighted by atomic mass is 10.2. The summed E-state index contributed by atoms with van der Waals surface area (Å²) in [6, 6.07) is 4.05. The third kappa shape index (κ3) is 1.63. The summed E-state index contributed by atoms with van der Waals surface area (Å²) in [4.78, 5) is 0. The molecule has 1 aliphatic rings. The minimum absolute atomic E-state index is 0.123. The van der Waals surface area contributed by atoms with Crippen molar-refractivity contribution in [1.82, 2.24) is 19.9 Å². The first-order valence-corrected chi connectivity index (χ1v) is 5.96. The van der Waals surface area contributed by atoms with Gasteiger partial charge in [-0.05, 0) is 28.1 Å². The van der Waals surface area contributed by atoms with E-state index in [0.29, 0.717) is 6.61 Å². The lowest BCUT2D eigenvalue weighted by Gasteiger charge is -2.22. The molecule has 0 bridgehead atoms. The van der Waals surface area contributed by atoms with Crippen LogP contribution in [-0.2, 0) is 4.74 Å². The largest absolute Gasteiger partial charge is 0.378 e. The Morgan fingerprint density at radius 1 is 1.50 bits per heavy atom. The highest BCUT2D eigenvalue weighted by Gasteiger charge is 2.21. The summed E-state index contributed by atoms with van der Waals surface area (Å²) in [6.07, 6.45) is 1.96. The molecular weight excluding hydrogens is 272 g/mol. The average Bonchev–Trinajstić information content (AvgIpc) is 2.75. The number of fused-ring (bicyclic) bond motifs is 1. The molecule has 2 aromatic rings. The van der Waals surface area contributed by atoms with Gasteiger partial charge in [0, 0.05) is 12.7 Å². The zero-order valence-corrected chi connectivity index (χ0v) is 10.1. The summed E-state index contributed by atoms with van der Waals surface area (Å²) in [5.41, 5.74) is 0.838. The van der Waals surface area contributed by atoms with Gasteiger partial charge in [-0.3, -0.25) is 4.40 Å². The van der Waals surface area contributed by atoms with Crippen molar-refractivity contribution in [2.24, 2.45) is 0 Å². The fourth-order valence-electron chi connectivity index (χ4n) is 1.87. The molecule has 1 unspecified atom stereocenters. The van der Waals surface area contributed by atoms with E-state index in [-0.39, 0.29) is 6.04 Å². The Morgan fingerprint density at radius 2 is 2.44 bits per heavy atom. The second-order valence-corrected chi connectivity index (χ2v) is 4.54. The first kappa shape index (κ1) is 10.2. The van der Waals surface area contributed by atoms with Crippen molar-refractivity contribution in [3.8, 4) is 0 Å². The molecule has 1 saturated heterocycles. The molecule has 0 radical (unpaired) electrons. The van der Waals surface area contributed by atoms with Crippen molar-refractivity contribution in [3.63, 3.8) is 0 Å². The topological polar surface area (TPSA) is 51.5 Å². The summed E-state index contributed by atoms with van der Waals surface area (Å²) >= 11 is 3.46. The molecule has 2 aromatic heterocycles. The predicted octanol–water partition coefficient (Wildman–Crippen LogP) is 1.15.